The first-order chi connectivity index (χ1) is 7.27. The van der Waals surface area contributed by atoms with E-state index in [1.807, 2.05) is 0 Å². The number of nitrogen functional groups attached to an aromatic ring is 1. The predicted octanol–water partition coefficient (Wildman–Crippen LogP) is 1.40. The zero-order valence-corrected chi connectivity index (χ0v) is 9.06. The summed E-state index contributed by atoms with van der Waals surface area (Å²) in [5, 5.41) is 7.66. The summed E-state index contributed by atoms with van der Waals surface area (Å²) in [5.74, 6) is -0.450. The van der Waals surface area contributed by atoms with Crippen LogP contribution >= 0.6 is 10.7 Å². The van der Waals surface area contributed by atoms with Gasteiger partial charge in [-0.1, -0.05) is 0 Å². The average molecular weight is 268 g/mol. The van der Waals surface area contributed by atoms with Crippen molar-refractivity contribution in [2.75, 3.05) is 5.73 Å². The molecule has 0 aromatic carbocycles. The highest BCUT2D eigenvalue weighted by molar-refractivity contribution is 8.13. The van der Waals surface area contributed by atoms with Crippen LogP contribution in [-0.2, 0) is 9.05 Å². The smallest absolute Gasteiger partial charge is 0.280 e. The van der Waals surface area contributed by atoms with E-state index in [9.17, 15) is 17.2 Å². The second kappa shape index (κ2) is 4.19. The van der Waals surface area contributed by atoms with Crippen molar-refractivity contribution in [2.45, 2.75) is 11.5 Å². The van der Waals surface area contributed by atoms with E-state index in [0.29, 0.717) is 0 Å². The van der Waals surface area contributed by atoms with Gasteiger partial charge in [-0.15, -0.1) is 0 Å². The first kappa shape index (κ1) is 12.6. The first-order valence-electron chi connectivity index (χ1n) is 3.70. The summed E-state index contributed by atoms with van der Waals surface area (Å²) in [6, 6.07) is 2.05. The maximum Gasteiger partial charge on any atom is 0.280 e. The molecule has 2 N–H and O–H groups in total. The van der Waals surface area contributed by atoms with Gasteiger partial charge in [0.15, 0.2) is 5.03 Å². The fourth-order valence-electron chi connectivity index (χ4n) is 1.02. The van der Waals surface area contributed by atoms with E-state index in [2.05, 4.69) is 4.98 Å². The monoisotopic (exact) mass is 267 g/mol. The summed E-state index contributed by atoms with van der Waals surface area (Å²) in [7, 11) is 0.550. The molecule has 0 saturated heterocycles. The largest absolute Gasteiger partial charge is 0.384 e. The van der Waals surface area contributed by atoms with Gasteiger partial charge in [0, 0.05) is 16.2 Å². The zero-order chi connectivity index (χ0) is 12.5. The second-order valence-electron chi connectivity index (χ2n) is 2.67. The molecular weight excluding hydrogens is 264 g/mol. The summed E-state index contributed by atoms with van der Waals surface area (Å²) in [4.78, 5) is 3.26. The van der Waals surface area contributed by atoms with Gasteiger partial charge in [-0.3, -0.25) is 0 Å². The molecule has 0 bridgehead atoms. The van der Waals surface area contributed by atoms with Gasteiger partial charge in [0.2, 0.25) is 0 Å². The average Bonchev–Trinajstić information content (AvgIpc) is 2.14. The molecule has 0 aliphatic heterocycles. The Morgan fingerprint density at radius 3 is 2.50 bits per heavy atom. The number of aromatic nitrogens is 1. The van der Waals surface area contributed by atoms with E-state index in [1.54, 1.807) is 0 Å². The minimum Gasteiger partial charge on any atom is -0.384 e. The molecule has 0 radical (unpaired) electrons. The van der Waals surface area contributed by atoms with E-state index in [0.717, 1.165) is 6.07 Å². The van der Waals surface area contributed by atoms with Gasteiger partial charge < -0.3 is 5.73 Å². The third-order valence-corrected chi connectivity index (χ3v) is 2.81. The molecule has 0 aliphatic carbocycles. The lowest BCUT2D eigenvalue weighted by molar-refractivity contribution is 0.150. The number of nitrogens with zero attached hydrogens (tertiary/aromatic N) is 2. The van der Waals surface area contributed by atoms with Crippen LogP contribution in [0.3, 0.4) is 0 Å². The zero-order valence-electron chi connectivity index (χ0n) is 7.49. The van der Waals surface area contributed by atoms with Crippen LogP contribution in [0.15, 0.2) is 11.1 Å². The van der Waals surface area contributed by atoms with E-state index in [4.69, 9.17) is 21.7 Å². The highest BCUT2D eigenvalue weighted by Crippen LogP contribution is 2.29. The van der Waals surface area contributed by atoms with Crippen LogP contribution in [0.4, 0.5) is 14.6 Å². The fourth-order valence-corrected chi connectivity index (χ4v) is 1.98. The lowest BCUT2D eigenvalue weighted by Crippen LogP contribution is -2.06. The molecular formula is C7H4ClF2N3O2S. The standard InChI is InChI=1S/C7H4ClF2N3O2S/c8-16(14,15)7-4(2-11)3(6(9)10)1-5(12)13-7/h1,6H,(H2,12,13). The van der Waals surface area contributed by atoms with Crippen molar-refractivity contribution in [3.05, 3.63) is 17.2 Å². The summed E-state index contributed by atoms with van der Waals surface area (Å²) in [6.07, 6.45) is -3.04. The second-order valence-corrected chi connectivity index (χ2v) is 5.15. The minimum absolute atomic E-state index is 0.450. The lowest BCUT2D eigenvalue weighted by Gasteiger charge is -2.06. The molecule has 1 rings (SSSR count). The quantitative estimate of drug-likeness (QED) is 0.817. The van der Waals surface area contributed by atoms with Crippen LogP contribution in [0.25, 0.3) is 0 Å². The Labute approximate surface area is 93.9 Å². The Morgan fingerprint density at radius 2 is 2.12 bits per heavy atom. The van der Waals surface area contributed by atoms with E-state index < -0.39 is 37.4 Å². The molecule has 0 spiro atoms. The van der Waals surface area contributed by atoms with Crippen LogP contribution in [-0.4, -0.2) is 13.4 Å². The van der Waals surface area contributed by atoms with Crippen LogP contribution in [0, 0.1) is 11.3 Å². The Morgan fingerprint density at radius 1 is 1.56 bits per heavy atom. The van der Waals surface area contributed by atoms with Gasteiger partial charge in [0.25, 0.3) is 15.5 Å². The molecule has 9 heteroatoms. The maximum atomic E-state index is 12.5. The Balaban J connectivity index is 3.71. The molecule has 16 heavy (non-hydrogen) atoms. The molecule has 0 fully saturated rings. The van der Waals surface area contributed by atoms with Crippen LogP contribution in [0.2, 0.25) is 0 Å². The number of anilines is 1. The van der Waals surface area contributed by atoms with Crippen molar-refractivity contribution in [2.24, 2.45) is 0 Å². The van der Waals surface area contributed by atoms with E-state index >= 15 is 0 Å². The lowest BCUT2D eigenvalue weighted by atomic mass is 10.1. The molecule has 1 aromatic heterocycles. The number of halogens is 3. The van der Waals surface area contributed by atoms with Crippen molar-refractivity contribution >= 4 is 25.6 Å². The predicted molar refractivity (Wildman–Crippen MR) is 51.4 cm³/mol. The minimum atomic E-state index is -4.40. The van der Waals surface area contributed by atoms with E-state index in [1.165, 1.54) is 6.07 Å². The Bertz CT molecular complexity index is 568. The number of nitrogens with two attached hydrogens (primary N) is 1. The maximum absolute atomic E-state index is 12.5. The Hall–Kier alpha value is -1.46. The molecule has 1 heterocycles. The number of rotatable bonds is 2. The Kier molecular flexibility index (Phi) is 3.30. The highest BCUT2D eigenvalue weighted by atomic mass is 35.7. The summed E-state index contributed by atoms with van der Waals surface area (Å²) in [5.41, 5.74) is 3.54. The summed E-state index contributed by atoms with van der Waals surface area (Å²) in [6.45, 7) is 0. The SMILES string of the molecule is N#Cc1c(C(F)F)cc(N)nc1S(=O)(=O)Cl. The highest BCUT2D eigenvalue weighted by Gasteiger charge is 2.25. The van der Waals surface area contributed by atoms with Crippen molar-refractivity contribution in [1.82, 2.24) is 4.98 Å². The topological polar surface area (TPSA) is 96.8 Å². The van der Waals surface area contributed by atoms with Crippen LogP contribution < -0.4 is 5.73 Å². The van der Waals surface area contributed by atoms with Crippen LogP contribution in [0.1, 0.15) is 17.6 Å². The summed E-state index contributed by atoms with van der Waals surface area (Å²) < 4.78 is 47.0. The van der Waals surface area contributed by atoms with Crippen molar-refractivity contribution in [3.63, 3.8) is 0 Å². The third-order valence-electron chi connectivity index (χ3n) is 1.61. The van der Waals surface area contributed by atoms with Gasteiger partial charge in [-0.05, 0) is 6.07 Å². The molecule has 0 saturated carbocycles. The molecule has 0 unspecified atom stereocenters. The number of pyridine rings is 1. The van der Waals surface area contributed by atoms with Gasteiger partial charge in [0.05, 0.1) is 5.56 Å². The molecule has 86 valence electrons. The van der Waals surface area contributed by atoms with Crippen LogP contribution in [0.5, 0.6) is 0 Å². The molecule has 0 aliphatic rings. The van der Waals surface area contributed by atoms with Gasteiger partial charge >= 0.3 is 0 Å². The summed E-state index contributed by atoms with van der Waals surface area (Å²) >= 11 is 0. The van der Waals surface area contributed by atoms with E-state index in [-0.39, 0.29) is 0 Å². The van der Waals surface area contributed by atoms with Gasteiger partial charge in [-0.2, -0.15) is 5.26 Å². The first-order valence-corrected chi connectivity index (χ1v) is 6.01. The van der Waals surface area contributed by atoms with Gasteiger partial charge in [0.1, 0.15) is 11.9 Å². The molecule has 5 nitrogen and oxygen atoms in total. The third kappa shape index (κ3) is 2.37. The van der Waals surface area contributed by atoms with Crippen molar-refractivity contribution < 1.29 is 17.2 Å². The number of nitriles is 1. The number of hydrogen-bond acceptors (Lipinski definition) is 5. The number of alkyl halides is 2. The fraction of sp³-hybridized carbons (Fsp3) is 0.143. The molecule has 0 atom stereocenters. The number of hydrogen-bond donors (Lipinski definition) is 1. The van der Waals surface area contributed by atoms with Crippen molar-refractivity contribution in [1.29, 1.82) is 5.26 Å². The van der Waals surface area contributed by atoms with Crippen molar-refractivity contribution in [3.8, 4) is 6.07 Å². The molecule has 1 aromatic rings. The molecule has 0 amide bonds. The normalized spacial score (nSPS) is 11.4. The van der Waals surface area contributed by atoms with Gasteiger partial charge in [-0.25, -0.2) is 22.2 Å².